The Balaban J connectivity index is 2.27. The second-order valence-corrected chi connectivity index (χ2v) is 4.88. The Morgan fingerprint density at radius 3 is 3.00 bits per heavy atom. The Bertz CT molecular complexity index is 408. The number of rotatable bonds is 2. The van der Waals surface area contributed by atoms with Crippen LogP contribution < -0.4 is 0 Å². The highest BCUT2D eigenvalue weighted by Crippen LogP contribution is 2.26. The molecule has 1 heterocycles. The second-order valence-electron chi connectivity index (χ2n) is 3.25. The fraction of sp³-hybridized carbons (Fsp3) is 0.300. The van der Waals surface area contributed by atoms with E-state index in [1.54, 1.807) is 0 Å². The number of nitrogens with zero attached hydrogens (tertiary/aromatic N) is 1. The van der Waals surface area contributed by atoms with Crippen molar-refractivity contribution in [2.45, 2.75) is 12.5 Å². The summed E-state index contributed by atoms with van der Waals surface area (Å²) in [5.41, 5.74) is 1.76. The minimum absolute atomic E-state index is 0.0308. The molecule has 0 bridgehead atoms. The molecule has 1 atom stereocenters. The first kappa shape index (κ1) is 11.2. The summed E-state index contributed by atoms with van der Waals surface area (Å²) in [6.07, 6.45) is 0.677. The summed E-state index contributed by atoms with van der Waals surface area (Å²) < 4.78 is 0.971. The van der Waals surface area contributed by atoms with Crippen molar-refractivity contribution in [3.63, 3.8) is 0 Å². The molecule has 0 N–H and O–H groups in total. The molecule has 2 rings (SSSR count). The third-order valence-electron chi connectivity index (χ3n) is 2.14. The van der Waals surface area contributed by atoms with E-state index in [0.29, 0.717) is 17.3 Å². The van der Waals surface area contributed by atoms with Gasteiger partial charge in [-0.05, 0) is 18.2 Å². The fourth-order valence-corrected chi connectivity index (χ4v) is 2.14. The zero-order valence-corrected chi connectivity index (χ0v) is 10.8. The maximum Gasteiger partial charge on any atom is 0.146 e. The highest BCUT2D eigenvalue weighted by Gasteiger charge is 2.22. The van der Waals surface area contributed by atoms with E-state index >= 15 is 0 Å². The maximum atomic E-state index is 6.08. The molecule has 15 heavy (non-hydrogen) atoms. The van der Waals surface area contributed by atoms with Crippen LogP contribution in [0.25, 0.3) is 0 Å². The van der Waals surface area contributed by atoms with Crippen LogP contribution in [-0.2, 0) is 4.84 Å². The fourth-order valence-electron chi connectivity index (χ4n) is 1.39. The van der Waals surface area contributed by atoms with Crippen LogP contribution in [0.3, 0.4) is 0 Å². The van der Waals surface area contributed by atoms with E-state index in [4.69, 9.17) is 28.0 Å². The average molecular weight is 309 g/mol. The Hall–Kier alpha value is -0.250. The summed E-state index contributed by atoms with van der Waals surface area (Å²) in [5.74, 6) is 0.443. The van der Waals surface area contributed by atoms with Crippen molar-refractivity contribution in [3.05, 3.63) is 33.3 Å². The third kappa shape index (κ3) is 2.47. The molecule has 0 saturated carbocycles. The van der Waals surface area contributed by atoms with Gasteiger partial charge in [0.05, 0.1) is 11.6 Å². The zero-order chi connectivity index (χ0) is 10.8. The largest absolute Gasteiger partial charge is 0.391 e. The van der Waals surface area contributed by atoms with Gasteiger partial charge in [-0.25, -0.2) is 0 Å². The smallest absolute Gasteiger partial charge is 0.146 e. The van der Waals surface area contributed by atoms with Gasteiger partial charge < -0.3 is 4.84 Å². The van der Waals surface area contributed by atoms with E-state index < -0.39 is 0 Å². The van der Waals surface area contributed by atoms with E-state index in [9.17, 15) is 0 Å². The van der Waals surface area contributed by atoms with Crippen molar-refractivity contribution in [1.29, 1.82) is 0 Å². The number of hydrogen-bond acceptors (Lipinski definition) is 2. The van der Waals surface area contributed by atoms with Gasteiger partial charge >= 0.3 is 0 Å². The first-order valence-electron chi connectivity index (χ1n) is 4.45. The number of halogens is 3. The lowest BCUT2D eigenvalue weighted by Crippen LogP contribution is -2.09. The van der Waals surface area contributed by atoms with Crippen molar-refractivity contribution < 1.29 is 4.84 Å². The molecule has 1 aromatic rings. The van der Waals surface area contributed by atoms with Crippen LogP contribution in [0.1, 0.15) is 12.0 Å². The van der Waals surface area contributed by atoms with E-state index in [-0.39, 0.29) is 6.10 Å². The summed E-state index contributed by atoms with van der Waals surface area (Å²) >= 11 is 15.2. The molecule has 0 radical (unpaired) electrons. The Labute approximate surface area is 106 Å². The number of alkyl halides is 1. The predicted octanol–water partition coefficient (Wildman–Crippen LogP) is 3.83. The SMILES string of the molecule is ClCC1CC(c2cc(Br)ccc2Cl)=NO1. The lowest BCUT2D eigenvalue weighted by Gasteiger charge is -2.03. The first-order valence-corrected chi connectivity index (χ1v) is 6.15. The van der Waals surface area contributed by atoms with Crippen LogP contribution in [0.2, 0.25) is 5.02 Å². The minimum atomic E-state index is -0.0308. The van der Waals surface area contributed by atoms with E-state index in [1.807, 2.05) is 18.2 Å². The lowest BCUT2D eigenvalue weighted by atomic mass is 10.1. The second kappa shape index (κ2) is 4.73. The molecule has 1 aromatic carbocycles. The molecule has 0 aromatic heterocycles. The van der Waals surface area contributed by atoms with Crippen LogP contribution in [0.5, 0.6) is 0 Å². The molecule has 1 aliphatic heterocycles. The molecular formula is C10H8BrCl2NO. The maximum absolute atomic E-state index is 6.08. The average Bonchev–Trinajstić information content (AvgIpc) is 2.70. The number of oxime groups is 1. The number of benzene rings is 1. The third-order valence-corrected chi connectivity index (χ3v) is 3.31. The van der Waals surface area contributed by atoms with Crippen LogP contribution >= 0.6 is 39.1 Å². The lowest BCUT2D eigenvalue weighted by molar-refractivity contribution is 0.102. The van der Waals surface area contributed by atoms with E-state index in [2.05, 4.69) is 21.1 Å². The van der Waals surface area contributed by atoms with Gasteiger partial charge in [0, 0.05) is 21.5 Å². The zero-order valence-electron chi connectivity index (χ0n) is 7.71. The van der Waals surface area contributed by atoms with Crippen molar-refractivity contribution in [1.82, 2.24) is 0 Å². The number of hydrogen-bond donors (Lipinski definition) is 0. The summed E-state index contributed by atoms with van der Waals surface area (Å²) in [6.45, 7) is 0. The van der Waals surface area contributed by atoms with Gasteiger partial charge in [-0.3, -0.25) is 0 Å². The van der Waals surface area contributed by atoms with Gasteiger partial charge in [0.1, 0.15) is 6.10 Å². The molecular weight excluding hydrogens is 301 g/mol. The van der Waals surface area contributed by atoms with E-state index in [0.717, 1.165) is 15.7 Å². The van der Waals surface area contributed by atoms with Crippen molar-refractivity contribution in [2.75, 3.05) is 5.88 Å². The summed E-state index contributed by atoms with van der Waals surface area (Å²) in [4.78, 5) is 5.15. The van der Waals surface area contributed by atoms with Crippen LogP contribution in [0, 0.1) is 0 Å². The molecule has 0 spiro atoms. The quantitative estimate of drug-likeness (QED) is 0.761. The van der Waals surface area contributed by atoms with Gasteiger partial charge in [0.2, 0.25) is 0 Å². The Kier molecular flexibility index (Phi) is 3.54. The Morgan fingerprint density at radius 2 is 2.33 bits per heavy atom. The normalized spacial score (nSPS) is 19.9. The highest BCUT2D eigenvalue weighted by molar-refractivity contribution is 9.10. The first-order chi connectivity index (χ1) is 7.20. The topological polar surface area (TPSA) is 21.6 Å². The summed E-state index contributed by atoms with van der Waals surface area (Å²) in [7, 11) is 0. The molecule has 0 fully saturated rings. The standard InChI is InChI=1S/C10H8BrCl2NO/c11-6-1-2-9(13)8(3-6)10-4-7(5-12)15-14-10/h1-3,7H,4-5H2. The van der Waals surface area contributed by atoms with Gasteiger partial charge in [-0.2, -0.15) is 0 Å². The Morgan fingerprint density at radius 1 is 1.53 bits per heavy atom. The van der Waals surface area contributed by atoms with Crippen molar-refractivity contribution >= 4 is 44.8 Å². The van der Waals surface area contributed by atoms with Crippen molar-refractivity contribution in [3.8, 4) is 0 Å². The van der Waals surface area contributed by atoms with Crippen LogP contribution in [-0.4, -0.2) is 17.7 Å². The molecule has 5 heteroatoms. The molecule has 0 amide bonds. The van der Waals surface area contributed by atoms with Gasteiger partial charge in [0.25, 0.3) is 0 Å². The van der Waals surface area contributed by atoms with Crippen LogP contribution in [0.4, 0.5) is 0 Å². The van der Waals surface area contributed by atoms with E-state index in [1.165, 1.54) is 0 Å². The minimum Gasteiger partial charge on any atom is -0.391 e. The van der Waals surface area contributed by atoms with Gasteiger partial charge in [0.15, 0.2) is 0 Å². The predicted molar refractivity (Wildman–Crippen MR) is 65.9 cm³/mol. The molecule has 0 saturated heterocycles. The highest BCUT2D eigenvalue weighted by atomic mass is 79.9. The monoisotopic (exact) mass is 307 g/mol. The molecule has 1 aliphatic rings. The van der Waals surface area contributed by atoms with Gasteiger partial charge in [-0.1, -0.05) is 32.7 Å². The summed E-state index contributed by atoms with van der Waals surface area (Å²) in [6, 6.07) is 5.65. The molecule has 0 aliphatic carbocycles. The molecule has 1 unspecified atom stereocenters. The van der Waals surface area contributed by atoms with Crippen molar-refractivity contribution in [2.24, 2.45) is 5.16 Å². The summed E-state index contributed by atoms with van der Waals surface area (Å²) in [5, 5.41) is 4.66. The van der Waals surface area contributed by atoms with Gasteiger partial charge in [-0.15, -0.1) is 11.6 Å². The molecule has 2 nitrogen and oxygen atoms in total. The van der Waals surface area contributed by atoms with Crippen LogP contribution in [0.15, 0.2) is 27.8 Å². The molecule has 80 valence electrons.